The van der Waals surface area contributed by atoms with Crippen molar-refractivity contribution in [2.24, 2.45) is 0 Å². The highest BCUT2D eigenvalue weighted by Gasteiger charge is 2.18. The van der Waals surface area contributed by atoms with E-state index in [9.17, 15) is 0 Å². The number of hydrogen-bond acceptors (Lipinski definition) is 4. The highest BCUT2D eigenvalue weighted by molar-refractivity contribution is 5.27. The first-order valence-corrected chi connectivity index (χ1v) is 6.68. The summed E-state index contributed by atoms with van der Waals surface area (Å²) in [4.78, 5) is 11.4. The maximum atomic E-state index is 4.51. The fraction of sp³-hybridized carbons (Fsp3) is 0.692. The van der Waals surface area contributed by atoms with Crippen LogP contribution >= 0.6 is 0 Å². The molecule has 0 aromatic carbocycles. The molecule has 0 atom stereocenters. The smallest absolute Gasteiger partial charge is 0.116 e. The van der Waals surface area contributed by atoms with E-state index < -0.39 is 0 Å². The number of piperidine rings is 1. The number of hydrogen-bond donors (Lipinski definition) is 1. The van der Waals surface area contributed by atoms with E-state index in [0.717, 1.165) is 26.1 Å². The van der Waals surface area contributed by atoms with Crippen molar-refractivity contribution in [3.63, 3.8) is 0 Å². The van der Waals surface area contributed by atoms with Crippen LogP contribution in [0.5, 0.6) is 0 Å². The molecule has 0 bridgehead atoms. The van der Waals surface area contributed by atoms with Crippen molar-refractivity contribution in [1.29, 1.82) is 0 Å². The molecule has 0 unspecified atom stereocenters. The van der Waals surface area contributed by atoms with Gasteiger partial charge in [-0.25, -0.2) is 9.97 Å². The van der Waals surface area contributed by atoms with Crippen LogP contribution in [0.3, 0.4) is 0 Å². The zero-order chi connectivity index (χ0) is 11.5. The SMILES string of the molecule is c1nc2c(c(CN3CCCCC3)n1)CCNC2. The van der Waals surface area contributed by atoms with Crippen molar-refractivity contribution >= 4 is 0 Å². The lowest BCUT2D eigenvalue weighted by molar-refractivity contribution is 0.217. The monoisotopic (exact) mass is 232 g/mol. The second-order valence-corrected chi connectivity index (χ2v) is 5.01. The minimum Gasteiger partial charge on any atom is -0.311 e. The third-order valence-corrected chi connectivity index (χ3v) is 3.79. The summed E-state index contributed by atoms with van der Waals surface area (Å²) in [6, 6.07) is 0. The average Bonchev–Trinajstić information content (AvgIpc) is 2.40. The molecule has 0 saturated carbocycles. The van der Waals surface area contributed by atoms with Crippen LogP contribution in [0.2, 0.25) is 0 Å². The molecule has 2 aliphatic rings. The van der Waals surface area contributed by atoms with Gasteiger partial charge in [-0.2, -0.15) is 0 Å². The molecule has 1 N–H and O–H groups in total. The van der Waals surface area contributed by atoms with E-state index in [0.29, 0.717) is 0 Å². The van der Waals surface area contributed by atoms with Gasteiger partial charge in [-0.3, -0.25) is 4.90 Å². The molecule has 1 aromatic rings. The minimum absolute atomic E-state index is 0.908. The Kier molecular flexibility index (Phi) is 3.34. The van der Waals surface area contributed by atoms with Gasteiger partial charge in [-0.1, -0.05) is 6.42 Å². The Morgan fingerprint density at radius 2 is 2.06 bits per heavy atom. The van der Waals surface area contributed by atoms with E-state index in [1.165, 1.54) is 49.3 Å². The van der Waals surface area contributed by atoms with Crippen LogP contribution in [0.15, 0.2) is 6.33 Å². The molecule has 92 valence electrons. The molecular weight excluding hydrogens is 212 g/mol. The van der Waals surface area contributed by atoms with Crippen LogP contribution in [0.4, 0.5) is 0 Å². The Hall–Kier alpha value is -1.00. The first-order valence-electron chi connectivity index (χ1n) is 6.68. The summed E-state index contributed by atoms with van der Waals surface area (Å²) in [5.74, 6) is 0. The lowest BCUT2D eigenvalue weighted by atomic mass is 10.0. The lowest BCUT2D eigenvalue weighted by Crippen LogP contribution is -2.32. The molecule has 3 heterocycles. The quantitative estimate of drug-likeness (QED) is 0.829. The van der Waals surface area contributed by atoms with Crippen molar-refractivity contribution in [2.45, 2.75) is 38.8 Å². The van der Waals surface area contributed by atoms with E-state index in [-0.39, 0.29) is 0 Å². The Morgan fingerprint density at radius 3 is 2.94 bits per heavy atom. The van der Waals surface area contributed by atoms with E-state index in [1.807, 2.05) is 0 Å². The van der Waals surface area contributed by atoms with E-state index in [4.69, 9.17) is 0 Å². The Balaban J connectivity index is 1.77. The predicted octanol–water partition coefficient (Wildman–Crippen LogP) is 1.11. The van der Waals surface area contributed by atoms with Crippen LogP contribution in [-0.4, -0.2) is 34.5 Å². The van der Waals surface area contributed by atoms with Crippen molar-refractivity contribution in [3.8, 4) is 0 Å². The van der Waals surface area contributed by atoms with Crippen LogP contribution < -0.4 is 5.32 Å². The number of rotatable bonds is 2. The molecule has 1 fully saturated rings. The van der Waals surface area contributed by atoms with Crippen molar-refractivity contribution in [3.05, 3.63) is 23.3 Å². The fourth-order valence-corrected chi connectivity index (χ4v) is 2.82. The summed E-state index contributed by atoms with van der Waals surface area (Å²) in [5.41, 5.74) is 3.87. The van der Waals surface area contributed by atoms with Crippen LogP contribution in [0, 0.1) is 0 Å². The molecule has 3 rings (SSSR count). The molecule has 2 aliphatic heterocycles. The topological polar surface area (TPSA) is 41.1 Å². The standard InChI is InChI=1S/C13H20N4/c1-2-6-17(7-3-1)9-13-11-4-5-14-8-12(11)15-10-16-13/h10,14H,1-9H2. The Bertz CT molecular complexity index is 385. The van der Waals surface area contributed by atoms with Gasteiger partial charge in [0, 0.05) is 13.1 Å². The third kappa shape index (κ3) is 2.48. The van der Waals surface area contributed by atoms with Gasteiger partial charge in [0.1, 0.15) is 6.33 Å². The summed E-state index contributed by atoms with van der Waals surface area (Å²) >= 11 is 0. The van der Waals surface area contributed by atoms with E-state index in [2.05, 4.69) is 20.2 Å². The van der Waals surface area contributed by atoms with E-state index >= 15 is 0 Å². The average molecular weight is 232 g/mol. The van der Waals surface area contributed by atoms with Crippen molar-refractivity contribution in [1.82, 2.24) is 20.2 Å². The fourth-order valence-electron chi connectivity index (χ4n) is 2.82. The highest BCUT2D eigenvalue weighted by atomic mass is 15.1. The number of nitrogens with one attached hydrogen (secondary N) is 1. The normalized spacial score (nSPS) is 21.2. The zero-order valence-corrected chi connectivity index (χ0v) is 10.3. The Labute approximate surface area is 102 Å². The first kappa shape index (κ1) is 11.1. The second kappa shape index (κ2) is 5.10. The second-order valence-electron chi connectivity index (χ2n) is 5.01. The number of fused-ring (bicyclic) bond motifs is 1. The molecule has 4 heteroatoms. The van der Waals surface area contributed by atoms with E-state index in [1.54, 1.807) is 6.33 Å². The molecule has 0 amide bonds. The molecule has 0 spiro atoms. The van der Waals surface area contributed by atoms with Gasteiger partial charge in [0.2, 0.25) is 0 Å². The summed E-state index contributed by atoms with van der Waals surface area (Å²) in [7, 11) is 0. The largest absolute Gasteiger partial charge is 0.311 e. The van der Waals surface area contributed by atoms with Crippen LogP contribution in [0.25, 0.3) is 0 Å². The van der Waals surface area contributed by atoms with Crippen molar-refractivity contribution < 1.29 is 0 Å². The summed E-state index contributed by atoms with van der Waals surface area (Å²) < 4.78 is 0. The van der Waals surface area contributed by atoms with Gasteiger partial charge in [-0.15, -0.1) is 0 Å². The van der Waals surface area contributed by atoms with Gasteiger partial charge >= 0.3 is 0 Å². The number of aromatic nitrogens is 2. The number of likely N-dealkylation sites (tertiary alicyclic amines) is 1. The third-order valence-electron chi connectivity index (χ3n) is 3.79. The zero-order valence-electron chi connectivity index (χ0n) is 10.3. The highest BCUT2D eigenvalue weighted by Crippen LogP contribution is 2.18. The van der Waals surface area contributed by atoms with Crippen molar-refractivity contribution in [2.75, 3.05) is 19.6 Å². The van der Waals surface area contributed by atoms with Gasteiger partial charge < -0.3 is 5.32 Å². The van der Waals surface area contributed by atoms with Gasteiger partial charge in [0.15, 0.2) is 0 Å². The minimum atomic E-state index is 0.908. The molecule has 1 aromatic heterocycles. The lowest BCUT2D eigenvalue weighted by Gasteiger charge is -2.27. The maximum Gasteiger partial charge on any atom is 0.116 e. The van der Waals surface area contributed by atoms with Crippen LogP contribution in [-0.2, 0) is 19.5 Å². The maximum absolute atomic E-state index is 4.51. The summed E-state index contributed by atoms with van der Waals surface area (Å²) in [6.45, 7) is 5.46. The van der Waals surface area contributed by atoms with Crippen LogP contribution in [0.1, 0.15) is 36.2 Å². The summed E-state index contributed by atoms with van der Waals surface area (Å²) in [6.07, 6.45) is 6.89. The Morgan fingerprint density at radius 1 is 1.18 bits per heavy atom. The molecule has 17 heavy (non-hydrogen) atoms. The van der Waals surface area contributed by atoms with Gasteiger partial charge in [-0.05, 0) is 44.5 Å². The summed E-state index contributed by atoms with van der Waals surface area (Å²) in [5, 5.41) is 3.37. The predicted molar refractivity (Wildman–Crippen MR) is 66.6 cm³/mol. The molecular formula is C13H20N4. The molecule has 0 radical (unpaired) electrons. The molecule has 1 saturated heterocycles. The van der Waals surface area contributed by atoms with Gasteiger partial charge in [0.05, 0.1) is 11.4 Å². The first-order chi connectivity index (χ1) is 8.43. The molecule has 4 nitrogen and oxygen atoms in total. The number of nitrogens with zero attached hydrogens (tertiary/aromatic N) is 3. The molecule has 0 aliphatic carbocycles. The van der Waals surface area contributed by atoms with Gasteiger partial charge in [0.25, 0.3) is 0 Å².